The second-order valence-corrected chi connectivity index (χ2v) is 2.70. The summed E-state index contributed by atoms with van der Waals surface area (Å²) in [5.41, 5.74) is 0. The Morgan fingerprint density at radius 1 is 1.54 bits per heavy atom. The average Bonchev–Trinajstić information content (AvgIpc) is 2.31. The standard InChI is InChI=1S/C6H8F3NO3/c7-6(8,9)13-4-1-2-10(3-4)5(11)12/h4H,1-3H2,(H,11,12). The molecule has 1 amide bonds. The van der Waals surface area contributed by atoms with Gasteiger partial charge in [0, 0.05) is 6.54 Å². The van der Waals surface area contributed by atoms with Gasteiger partial charge in [0.2, 0.25) is 0 Å². The highest BCUT2D eigenvalue weighted by molar-refractivity contribution is 5.65. The lowest BCUT2D eigenvalue weighted by Gasteiger charge is -2.14. The molecule has 1 N–H and O–H groups in total. The topological polar surface area (TPSA) is 49.8 Å². The molecule has 1 aliphatic heterocycles. The van der Waals surface area contributed by atoms with Crippen LogP contribution in [0.5, 0.6) is 0 Å². The molecule has 4 nitrogen and oxygen atoms in total. The smallest absolute Gasteiger partial charge is 0.465 e. The van der Waals surface area contributed by atoms with Crippen molar-refractivity contribution in [3.05, 3.63) is 0 Å². The van der Waals surface area contributed by atoms with Crippen LogP contribution in [0.3, 0.4) is 0 Å². The molecule has 1 saturated heterocycles. The Labute approximate surface area is 71.9 Å². The molecule has 0 aromatic rings. The third-order valence-corrected chi connectivity index (χ3v) is 1.72. The van der Waals surface area contributed by atoms with Crippen LogP contribution >= 0.6 is 0 Å². The quantitative estimate of drug-likeness (QED) is 0.691. The molecule has 0 aliphatic carbocycles. The molecule has 0 radical (unpaired) electrons. The van der Waals surface area contributed by atoms with Crippen LogP contribution in [0.4, 0.5) is 18.0 Å². The van der Waals surface area contributed by atoms with Gasteiger partial charge >= 0.3 is 12.5 Å². The lowest BCUT2D eigenvalue weighted by atomic mass is 10.3. The number of carboxylic acid groups (broad SMARTS) is 1. The highest BCUT2D eigenvalue weighted by Crippen LogP contribution is 2.23. The van der Waals surface area contributed by atoms with E-state index in [0.717, 1.165) is 4.90 Å². The maximum absolute atomic E-state index is 11.6. The van der Waals surface area contributed by atoms with Gasteiger partial charge in [0.15, 0.2) is 0 Å². The molecule has 1 unspecified atom stereocenters. The van der Waals surface area contributed by atoms with Crippen molar-refractivity contribution in [2.75, 3.05) is 13.1 Å². The second-order valence-electron chi connectivity index (χ2n) is 2.70. The van der Waals surface area contributed by atoms with E-state index in [9.17, 15) is 18.0 Å². The number of rotatable bonds is 1. The third-order valence-electron chi connectivity index (χ3n) is 1.72. The third kappa shape index (κ3) is 3.10. The molecule has 1 atom stereocenters. The predicted molar refractivity (Wildman–Crippen MR) is 35.1 cm³/mol. The van der Waals surface area contributed by atoms with E-state index < -0.39 is 18.6 Å². The molecule has 0 spiro atoms. The first-order valence-electron chi connectivity index (χ1n) is 3.61. The number of nitrogens with zero attached hydrogens (tertiary/aromatic N) is 1. The zero-order valence-electron chi connectivity index (χ0n) is 6.54. The molecule has 1 heterocycles. The molecule has 1 fully saturated rings. The van der Waals surface area contributed by atoms with Crippen LogP contribution in [-0.2, 0) is 4.74 Å². The number of hydrogen-bond acceptors (Lipinski definition) is 2. The SMILES string of the molecule is O=C(O)N1CCC(OC(F)(F)F)C1. The molecule has 13 heavy (non-hydrogen) atoms. The minimum absolute atomic E-state index is 0.0891. The molecule has 1 aliphatic rings. The van der Waals surface area contributed by atoms with Crippen molar-refractivity contribution in [2.45, 2.75) is 18.9 Å². The minimum Gasteiger partial charge on any atom is -0.465 e. The van der Waals surface area contributed by atoms with Crippen molar-refractivity contribution in [2.24, 2.45) is 0 Å². The first-order valence-corrected chi connectivity index (χ1v) is 3.61. The Bertz CT molecular complexity index is 206. The van der Waals surface area contributed by atoms with Crippen molar-refractivity contribution < 1.29 is 27.8 Å². The average molecular weight is 199 g/mol. The fourth-order valence-electron chi connectivity index (χ4n) is 1.19. The Kier molecular flexibility index (Phi) is 2.65. The summed E-state index contributed by atoms with van der Waals surface area (Å²) in [5.74, 6) is 0. The summed E-state index contributed by atoms with van der Waals surface area (Å²) in [4.78, 5) is 11.2. The Morgan fingerprint density at radius 3 is 2.54 bits per heavy atom. The lowest BCUT2D eigenvalue weighted by molar-refractivity contribution is -0.340. The number of halogens is 3. The van der Waals surface area contributed by atoms with Gasteiger partial charge in [-0.3, -0.25) is 4.74 Å². The van der Waals surface area contributed by atoms with Crippen LogP contribution in [0.1, 0.15) is 6.42 Å². The maximum atomic E-state index is 11.6. The van der Waals surface area contributed by atoms with E-state index in [1.807, 2.05) is 0 Å². The van der Waals surface area contributed by atoms with E-state index in [1.54, 1.807) is 0 Å². The van der Waals surface area contributed by atoms with Gasteiger partial charge in [-0.1, -0.05) is 0 Å². The van der Waals surface area contributed by atoms with E-state index in [-0.39, 0.29) is 19.5 Å². The van der Waals surface area contributed by atoms with E-state index in [1.165, 1.54) is 0 Å². The molecule has 0 bridgehead atoms. The Morgan fingerprint density at radius 2 is 2.15 bits per heavy atom. The zero-order chi connectivity index (χ0) is 10.1. The summed E-state index contributed by atoms with van der Waals surface area (Å²) >= 11 is 0. The molecular formula is C6H8F3NO3. The number of alkyl halides is 3. The fraction of sp³-hybridized carbons (Fsp3) is 0.833. The number of hydrogen-bond donors (Lipinski definition) is 1. The molecule has 1 rings (SSSR count). The van der Waals surface area contributed by atoms with Crippen molar-refractivity contribution >= 4 is 6.09 Å². The predicted octanol–water partition coefficient (Wildman–Crippen LogP) is 1.28. The number of likely N-dealkylation sites (tertiary alicyclic amines) is 1. The molecule has 76 valence electrons. The van der Waals surface area contributed by atoms with Gasteiger partial charge in [0.05, 0.1) is 12.6 Å². The first-order chi connectivity index (χ1) is 5.88. The number of carbonyl (C=O) groups is 1. The summed E-state index contributed by atoms with van der Waals surface area (Å²) < 4.78 is 38.6. The summed E-state index contributed by atoms with van der Waals surface area (Å²) in [6.07, 6.45) is -6.87. The van der Waals surface area contributed by atoms with Gasteiger partial charge in [-0.05, 0) is 6.42 Å². The monoisotopic (exact) mass is 199 g/mol. The van der Waals surface area contributed by atoms with Crippen LogP contribution in [0.2, 0.25) is 0 Å². The van der Waals surface area contributed by atoms with Gasteiger partial charge < -0.3 is 10.0 Å². The van der Waals surface area contributed by atoms with Crippen LogP contribution in [0, 0.1) is 0 Å². The van der Waals surface area contributed by atoms with E-state index >= 15 is 0 Å². The Hall–Kier alpha value is -0.980. The summed E-state index contributed by atoms with van der Waals surface area (Å²) in [6.45, 7) is -0.120. The van der Waals surface area contributed by atoms with Crippen LogP contribution < -0.4 is 0 Å². The summed E-state index contributed by atoms with van der Waals surface area (Å²) in [7, 11) is 0. The van der Waals surface area contributed by atoms with Gasteiger partial charge in [-0.15, -0.1) is 13.2 Å². The minimum atomic E-state index is -4.68. The molecule has 0 aromatic carbocycles. The summed E-state index contributed by atoms with van der Waals surface area (Å²) in [5, 5.41) is 8.42. The Balaban J connectivity index is 2.38. The van der Waals surface area contributed by atoms with Gasteiger partial charge in [0.1, 0.15) is 0 Å². The fourth-order valence-corrected chi connectivity index (χ4v) is 1.19. The van der Waals surface area contributed by atoms with E-state index in [0.29, 0.717) is 0 Å². The van der Waals surface area contributed by atoms with Crippen molar-refractivity contribution in [1.29, 1.82) is 0 Å². The largest absolute Gasteiger partial charge is 0.522 e. The van der Waals surface area contributed by atoms with Gasteiger partial charge in [-0.25, -0.2) is 4.79 Å². The second kappa shape index (κ2) is 3.41. The molecule has 7 heteroatoms. The van der Waals surface area contributed by atoms with Gasteiger partial charge in [0.25, 0.3) is 0 Å². The highest BCUT2D eigenvalue weighted by Gasteiger charge is 2.37. The van der Waals surface area contributed by atoms with E-state index in [2.05, 4.69) is 4.74 Å². The van der Waals surface area contributed by atoms with Crippen LogP contribution in [0.25, 0.3) is 0 Å². The van der Waals surface area contributed by atoms with Crippen LogP contribution in [0.15, 0.2) is 0 Å². The molecule has 0 saturated carbocycles. The van der Waals surface area contributed by atoms with Gasteiger partial charge in [-0.2, -0.15) is 0 Å². The van der Waals surface area contributed by atoms with Crippen LogP contribution in [-0.4, -0.2) is 41.7 Å². The lowest BCUT2D eigenvalue weighted by Crippen LogP contribution is -2.30. The number of ether oxygens (including phenoxy) is 1. The number of amides is 1. The maximum Gasteiger partial charge on any atom is 0.522 e. The van der Waals surface area contributed by atoms with Crippen molar-refractivity contribution in [3.63, 3.8) is 0 Å². The normalized spacial score (nSPS) is 23.6. The van der Waals surface area contributed by atoms with E-state index in [4.69, 9.17) is 5.11 Å². The highest BCUT2D eigenvalue weighted by atomic mass is 19.4. The van der Waals surface area contributed by atoms with Crippen molar-refractivity contribution in [1.82, 2.24) is 4.90 Å². The molecule has 0 aromatic heterocycles. The summed E-state index contributed by atoms with van der Waals surface area (Å²) in [6, 6.07) is 0. The zero-order valence-corrected chi connectivity index (χ0v) is 6.54. The first kappa shape index (κ1) is 10.1. The molecular weight excluding hydrogens is 191 g/mol. The van der Waals surface area contributed by atoms with Crippen molar-refractivity contribution in [3.8, 4) is 0 Å².